The SMILES string of the molecule is Cc1cccc(C(=O)N2CCOC(CBr)C2)c1. The van der Waals surface area contributed by atoms with Crippen LogP contribution in [0.4, 0.5) is 0 Å². The molecule has 0 N–H and O–H groups in total. The van der Waals surface area contributed by atoms with E-state index in [4.69, 9.17) is 4.74 Å². The van der Waals surface area contributed by atoms with Gasteiger partial charge >= 0.3 is 0 Å². The molecule has 0 bridgehead atoms. The fourth-order valence-electron chi connectivity index (χ4n) is 1.96. The highest BCUT2D eigenvalue weighted by molar-refractivity contribution is 9.09. The molecule has 17 heavy (non-hydrogen) atoms. The Kier molecular flexibility index (Phi) is 4.18. The topological polar surface area (TPSA) is 29.5 Å². The number of morpholine rings is 1. The van der Waals surface area contributed by atoms with Crippen LogP contribution in [0.3, 0.4) is 0 Å². The number of aryl methyl sites for hydroxylation is 1. The van der Waals surface area contributed by atoms with E-state index in [9.17, 15) is 4.79 Å². The summed E-state index contributed by atoms with van der Waals surface area (Å²) in [6.07, 6.45) is 0.109. The maximum absolute atomic E-state index is 12.3. The minimum atomic E-state index is 0.1000. The van der Waals surface area contributed by atoms with Gasteiger partial charge in [-0.2, -0.15) is 0 Å². The van der Waals surface area contributed by atoms with Crippen molar-refractivity contribution in [1.82, 2.24) is 4.90 Å². The minimum Gasteiger partial charge on any atom is -0.374 e. The number of alkyl halides is 1. The summed E-state index contributed by atoms with van der Waals surface area (Å²) in [6.45, 7) is 3.96. The lowest BCUT2D eigenvalue weighted by atomic mass is 10.1. The van der Waals surface area contributed by atoms with Crippen LogP contribution in [-0.4, -0.2) is 41.9 Å². The summed E-state index contributed by atoms with van der Waals surface area (Å²) in [6, 6.07) is 7.72. The molecule has 0 aliphatic carbocycles. The second kappa shape index (κ2) is 5.65. The largest absolute Gasteiger partial charge is 0.374 e. The Balaban J connectivity index is 2.09. The number of benzene rings is 1. The summed E-state index contributed by atoms with van der Waals surface area (Å²) in [5.41, 5.74) is 1.88. The second-order valence-electron chi connectivity index (χ2n) is 4.27. The maximum atomic E-state index is 12.3. The monoisotopic (exact) mass is 297 g/mol. The molecule has 1 amide bonds. The normalized spacial score (nSPS) is 20.4. The lowest BCUT2D eigenvalue weighted by Crippen LogP contribution is -2.46. The van der Waals surface area contributed by atoms with Crippen molar-refractivity contribution < 1.29 is 9.53 Å². The highest BCUT2D eigenvalue weighted by Gasteiger charge is 2.24. The predicted octanol–water partition coefficient (Wildman–Crippen LogP) is 2.23. The molecule has 0 aromatic heterocycles. The van der Waals surface area contributed by atoms with Gasteiger partial charge in [-0.3, -0.25) is 4.79 Å². The molecular weight excluding hydrogens is 282 g/mol. The van der Waals surface area contributed by atoms with Crippen molar-refractivity contribution in [1.29, 1.82) is 0 Å². The molecule has 1 fully saturated rings. The fourth-order valence-corrected chi connectivity index (χ4v) is 2.35. The Labute approximate surface area is 110 Å². The molecule has 4 heteroatoms. The van der Waals surface area contributed by atoms with Gasteiger partial charge in [0.15, 0.2) is 0 Å². The number of carbonyl (C=O) groups excluding carboxylic acids is 1. The zero-order valence-corrected chi connectivity index (χ0v) is 11.4. The third kappa shape index (κ3) is 3.07. The maximum Gasteiger partial charge on any atom is 0.254 e. The molecule has 0 saturated carbocycles. The Hall–Kier alpha value is -0.870. The van der Waals surface area contributed by atoms with Crippen LogP contribution in [0.1, 0.15) is 15.9 Å². The van der Waals surface area contributed by atoms with Crippen LogP contribution in [0.2, 0.25) is 0 Å². The lowest BCUT2D eigenvalue weighted by molar-refractivity contribution is -0.00965. The van der Waals surface area contributed by atoms with Crippen LogP contribution in [-0.2, 0) is 4.74 Å². The predicted molar refractivity (Wildman–Crippen MR) is 70.6 cm³/mol. The Bertz CT molecular complexity index is 408. The first-order valence-corrected chi connectivity index (χ1v) is 6.86. The Morgan fingerprint density at radius 2 is 2.41 bits per heavy atom. The number of amides is 1. The van der Waals surface area contributed by atoms with Gasteiger partial charge in [-0.15, -0.1) is 0 Å². The number of nitrogens with zero attached hydrogens (tertiary/aromatic N) is 1. The van der Waals surface area contributed by atoms with Gasteiger partial charge in [0.25, 0.3) is 5.91 Å². The molecule has 92 valence electrons. The second-order valence-corrected chi connectivity index (χ2v) is 4.92. The fraction of sp³-hybridized carbons (Fsp3) is 0.462. The molecule has 3 nitrogen and oxygen atoms in total. The van der Waals surface area contributed by atoms with Crippen LogP contribution < -0.4 is 0 Å². The standard InChI is InChI=1S/C13H16BrNO2/c1-10-3-2-4-11(7-10)13(16)15-5-6-17-12(8-14)9-15/h2-4,7,12H,5-6,8-9H2,1H3. The zero-order valence-electron chi connectivity index (χ0n) is 9.86. The van der Waals surface area contributed by atoms with Gasteiger partial charge in [0, 0.05) is 24.0 Å². The molecule has 0 spiro atoms. The molecule has 1 heterocycles. The van der Waals surface area contributed by atoms with Crippen LogP contribution in [0.15, 0.2) is 24.3 Å². The number of rotatable bonds is 2. The average Bonchev–Trinajstić information content (AvgIpc) is 2.38. The van der Waals surface area contributed by atoms with Gasteiger partial charge in [0.05, 0.1) is 12.7 Å². The van der Waals surface area contributed by atoms with Crippen LogP contribution in [0.5, 0.6) is 0 Å². The van der Waals surface area contributed by atoms with Gasteiger partial charge in [0.1, 0.15) is 0 Å². The van der Waals surface area contributed by atoms with Gasteiger partial charge in [-0.05, 0) is 19.1 Å². The van der Waals surface area contributed by atoms with E-state index in [-0.39, 0.29) is 12.0 Å². The molecule has 1 aliphatic rings. The zero-order chi connectivity index (χ0) is 12.3. The average molecular weight is 298 g/mol. The van der Waals surface area contributed by atoms with E-state index in [1.54, 1.807) is 0 Å². The van der Waals surface area contributed by atoms with Crippen molar-refractivity contribution in [2.45, 2.75) is 13.0 Å². The Morgan fingerprint density at radius 3 is 3.12 bits per heavy atom. The number of carbonyl (C=O) groups is 1. The molecule has 1 aromatic carbocycles. The van der Waals surface area contributed by atoms with E-state index < -0.39 is 0 Å². The molecule has 1 aliphatic heterocycles. The molecule has 0 radical (unpaired) electrons. The number of halogens is 1. The van der Waals surface area contributed by atoms with Gasteiger partial charge < -0.3 is 9.64 Å². The van der Waals surface area contributed by atoms with Crippen molar-refractivity contribution in [3.05, 3.63) is 35.4 Å². The number of hydrogen-bond donors (Lipinski definition) is 0. The molecule has 1 unspecified atom stereocenters. The first kappa shape index (κ1) is 12.6. The van der Waals surface area contributed by atoms with Gasteiger partial charge in [0.2, 0.25) is 0 Å². The van der Waals surface area contributed by atoms with Crippen LogP contribution in [0.25, 0.3) is 0 Å². The minimum absolute atomic E-state index is 0.1000. The van der Waals surface area contributed by atoms with E-state index in [0.29, 0.717) is 19.7 Å². The highest BCUT2D eigenvalue weighted by Crippen LogP contribution is 2.13. The van der Waals surface area contributed by atoms with Crippen molar-refractivity contribution in [2.24, 2.45) is 0 Å². The number of ether oxygens (including phenoxy) is 1. The van der Waals surface area contributed by atoms with E-state index in [0.717, 1.165) is 16.5 Å². The van der Waals surface area contributed by atoms with Crippen LogP contribution in [0, 0.1) is 6.92 Å². The van der Waals surface area contributed by atoms with Crippen LogP contribution >= 0.6 is 15.9 Å². The van der Waals surface area contributed by atoms with Crippen molar-refractivity contribution >= 4 is 21.8 Å². The van der Waals surface area contributed by atoms with Gasteiger partial charge in [-0.25, -0.2) is 0 Å². The smallest absolute Gasteiger partial charge is 0.254 e. The molecule has 1 atom stereocenters. The summed E-state index contributed by atoms with van der Waals surface area (Å²) in [7, 11) is 0. The van der Waals surface area contributed by atoms with E-state index >= 15 is 0 Å². The highest BCUT2D eigenvalue weighted by atomic mass is 79.9. The first-order valence-electron chi connectivity index (χ1n) is 5.74. The summed E-state index contributed by atoms with van der Waals surface area (Å²) in [5, 5.41) is 0.768. The molecular formula is C13H16BrNO2. The van der Waals surface area contributed by atoms with E-state index in [1.807, 2.05) is 36.1 Å². The lowest BCUT2D eigenvalue weighted by Gasteiger charge is -2.32. The molecule has 1 aromatic rings. The molecule has 2 rings (SSSR count). The third-order valence-electron chi connectivity index (χ3n) is 2.86. The van der Waals surface area contributed by atoms with Gasteiger partial charge in [-0.1, -0.05) is 33.6 Å². The first-order chi connectivity index (χ1) is 8.20. The van der Waals surface area contributed by atoms with Crippen molar-refractivity contribution in [3.8, 4) is 0 Å². The van der Waals surface area contributed by atoms with E-state index in [1.165, 1.54) is 0 Å². The van der Waals surface area contributed by atoms with E-state index in [2.05, 4.69) is 15.9 Å². The third-order valence-corrected chi connectivity index (χ3v) is 3.59. The number of hydrogen-bond acceptors (Lipinski definition) is 2. The molecule has 1 saturated heterocycles. The summed E-state index contributed by atoms with van der Waals surface area (Å²) < 4.78 is 5.53. The summed E-state index contributed by atoms with van der Waals surface area (Å²) in [4.78, 5) is 14.1. The Morgan fingerprint density at radius 1 is 1.59 bits per heavy atom. The summed E-state index contributed by atoms with van der Waals surface area (Å²) >= 11 is 3.39. The van der Waals surface area contributed by atoms with Crippen molar-refractivity contribution in [2.75, 3.05) is 25.0 Å². The quantitative estimate of drug-likeness (QED) is 0.784. The summed E-state index contributed by atoms with van der Waals surface area (Å²) in [5.74, 6) is 0.1000. The van der Waals surface area contributed by atoms with Crippen molar-refractivity contribution in [3.63, 3.8) is 0 Å².